The van der Waals surface area contributed by atoms with Crippen molar-refractivity contribution < 1.29 is 23.6 Å². The van der Waals surface area contributed by atoms with Gasteiger partial charge < -0.3 is 14.4 Å². The summed E-state index contributed by atoms with van der Waals surface area (Å²) in [5.74, 6) is -0.782. The van der Waals surface area contributed by atoms with Crippen molar-refractivity contribution in [2.45, 2.75) is 58.4 Å². The number of benzene rings is 2. The van der Waals surface area contributed by atoms with E-state index in [1.54, 1.807) is 48.7 Å². The first-order chi connectivity index (χ1) is 24.9. The van der Waals surface area contributed by atoms with Crippen LogP contribution in [-0.2, 0) is 29.9 Å². The standard InChI is InChI=1S/C42H41N2O6S2/c1-7-49-37(45)23-43-31-15-13-25(33-11-9-17-51-33)19-29(31)41(3,4)35(43)21-27-39(47)28(40(27)48)22-36-42(5,6)30-20-26(34-12-10-18-52-34)14-16-32(30)44(36)24-38(46)50-8-2/h9-22,35H,7-8,23-24H2,1-6H3/q+1. The molecule has 2 aromatic heterocycles. The highest BCUT2D eigenvalue weighted by atomic mass is 32.1. The second-order valence-corrected chi connectivity index (χ2v) is 16.1. The number of nitrogens with zero attached hydrogens (tertiary/aromatic N) is 2. The van der Waals surface area contributed by atoms with E-state index >= 15 is 0 Å². The summed E-state index contributed by atoms with van der Waals surface area (Å²) in [4.78, 5) is 58.0. The van der Waals surface area contributed by atoms with Crippen molar-refractivity contribution in [2.75, 3.05) is 31.2 Å². The van der Waals surface area contributed by atoms with Crippen molar-refractivity contribution in [3.63, 3.8) is 0 Å². The monoisotopic (exact) mass is 733 g/mol. The summed E-state index contributed by atoms with van der Waals surface area (Å²) in [6.07, 6.45) is 3.39. The zero-order valence-electron chi connectivity index (χ0n) is 30.1. The first kappa shape index (κ1) is 35.5. The highest BCUT2D eigenvalue weighted by molar-refractivity contribution is 7.13. The van der Waals surface area contributed by atoms with Gasteiger partial charge in [-0.05, 0) is 97.6 Å². The van der Waals surface area contributed by atoms with E-state index in [1.165, 1.54) is 0 Å². The molecule has 0 bridgehead atoms. The Morgan fingerprint density at radius 3 is 2.00 bits per heavy atom. The number of ether oxygens (including phenoxy) is 2. The molecule has 0 amide bonds. The molecule has 0 spiro atoms. The van der Waals surface area contributed by atoms with E-state index in [9.17, 15) is 19.2 Å². The molecule has 3 aromatic carbocycles. The quantitative estimate of drug-likeness (QED) is 0.135. The van der Waals surface area contributed by atoms with Crippen LogP contribution in [0.2, 0.25) is 0 Å². The van der Waals surface area contributed by atoms with Gasteiger partial charge in [-0.15, -0.1) is 22.7 Å². The summed E-state index contributed by atoms with van der Waals surface area (Å²) in [6.45, 7) is 12.2. The van der Waals surface area contributed by atoms with Crippen LogP contribution in [-0.4, -0.2) is 54.6 Å². The number of esters is 2. The lowest BCUT2D eigenvalue weighted by Crippen LogP contribution is -2.66. The molecule has 52 heavy (non-hydrogen) atoms. The Hall–Kier alpha value is -4.93. The summed E-state index contributed by atoms with van der Waals surface area (Å²) in [5, 5.41) is 4.23. The average molecular weight is 734 g/mol. The van der Waals surface area contributed by atoms with Gasteiger partial charge in [0.2, 0.25) is 23.1 Å². The van der Waals surface area contributed by atoms with Gasteiger partial charge in [-0.2, -0.15) is 4.58 Å². The minimum Gasteiger partial charge on any atom is -0.465 e. The summed E-state index contributed by atoms with van der Waals surface area (Å²) in [6, 6.07) is 20.0. The van der Waals surface area contributed by atoms with Gasteiger partial charge in [0.25, 0.3) is 0 Å². The van der Waals surface area contributed by atoms with E-state index < -0.39 is 22.8 Å². The number of thiophene rings is 2. The molecule has 5 aromatic rings. The van der Waals surface area contributed by atoms with Crippen LogP contribution in [0.1, 0.15) is 52.7 Å². The predicted molar refractivity (Wildman–Crippen MR) is 209 cm³/mol. The molecule has 0 aliphatic carbocycles. The molecule has 7 rings (SSSR count). The van der Waals surface area contributed by atoms with Crippen LogP contribution >= 0.6 is 22.7 Å². The normalized spacial score (nSPS) is 16.9. The summed E-state index contributed by atoms with van der Waals surface area (Å²) < 4.78 is 12.5. The zero-order chi connectivity index (χ0) is 36.9. The van der Waals surface area contributed by atoms with Crippen LogP contribution < -0.4 is 26.2 Å². The molecule has 0 fully saturated rings. The van der Waals surface area contributed by atoms with Crippen LogP contribution in [0, 0.1) is 0 Å². The molecule has 0 saturated carbocycles. The van der Waals surface area contributed by atoms with E-state index in [1.807, 2.05) is 70.5 Å². The number of carbonyl (C=O) groups is 2. The Balaban J connectivity index is 1.33. The third kappa shape index (κ3) is 5.97. The molecular formula is C42H41N2O6S2+. The molecule has 8 nitrogen and oxygen atoms in total. The number of hydrogen-bond acceptors (Lipinski definition) is 9. The lowest BCUT2D eigenvalue weighted by atomic mass is 9.79. The third-order valence-electron chi connectivity index (χ3n) is 10.4. The maximum atomic E-state index is 14.0. The number of fused-ring (bicyclic) bond motifs is 2. The largest absolute Gasteiger partial charge is 0.465 e. The van der Waals surface area contributed by atoms with E-state index in [0.717, 1.165) is 43.4 Å². The van der Waals surface area contributed by atoms with Gasteiger partial charge in [0.1, 0.15) is 6.54 Å². The Morgan fingerprint density at radius 2 is 1.40 bits per heavy atom. The third-order valence-corrected chi connectivity index (χ3v) is 12.2. The van der Waals surface area contributed by atoms with Crippen LogP contribution in [0.3, 0.4) is 0 Å². The van der Waals surface area contributed by atoms with E-state index in [2.05, 4.69) is 38.1 Å². The fourth-order valence-electron chi connectivity index (χ4n) is 7.67. The fourth-order valence-corrected chi connectivity index (χ4v) is 9.12. The van der Waals surface area contributed by atoms with Gasteiger partial charge in [-0.25, -0.2) is 4.79 Å². The van der Waals surface area contributed by atoms with Gasteiger partial charge in [0, 0.05) is 38.6 Å². The summed E-state index contributed by atoms with van der Waals surface area (Å²) >= 11 is 3.30. The van der Waals surface area contributed by atoms with Crippen LogP contribution in [0.5, 0.6) is 0 Å². The fraction of sp³-hybridized carbons (Fsp3) is 0.310. The molecule has 2 aliphatic rings. The minimum absolute atomic E-state index is 0.0250. The number of rotatable bonds is 10. The van der Waals surface area contributed by atoms with Gasteiger partial charge in [-0.1, -0.05) is 32.0 Å². The minimum atomic E-state index is -0.631. The van der Waals surface area contributed by atoms with E-state index in [0.29, 0.717) is 5.71 Å². The van der Waals surface area contributed by atoms with Crippen molar-refractivity contribution in [3.05, 3.63) is 113 Å². The van der Waals surface area contributed by atoms with Gasteiger partial charge in [-0.3, -0.25) is 14.4 Å². The van der Waals surface area contributed by atoms with Crippen molar-refractivity contribution in [1.82, 2.24) is 0 Å². The maximum Gasteiger partial charge on any atom is 0.372 e. The first-order valence-corrected chi connectivity index (χ1v) is 19.2. The average Bonchev–Trinajstić information content (AvgIpc) is 3.91. The first-order valence-electron chi connectivity index (χ1n) is 17.5. The van der Waals surface area contributed by atoms with Crippen LogP contribution in [0.4, 0.5) is 11.4 Å². The van der Waals surface area contributed by atoms with Crippen LogP contribution in [0.15, 0.2) is 81.0 Å². The second kappa shape index (κ2) is 13.6. The molecule has 0 radical (unpaired) electrons. The van der Waals surface area contributed by atoms with Crippen molar-refractivity contribution in [3.8, 4) is 20.9 Å². The molecule has 266 valence electrons. The molecule has 10 heteroatoms. The van der Waals surface area contributed by atoms with E-state index in [4.69, 9.17) is 9.47 Å². The van der Waals surface area contributed by atoms with Gasteiger partial charge in [0.05, 0.1) is 35.1 Å². The molecule has 0 saturated heterocycles. The lowest BCUT2D eigenvalue weighted by Gasteiger charge is -2.31. The Labute approximate surface area is 310 Å². The highest BCUT2D eigenvalue weighted by Gasteiger charge is 2.47. The Morgan fingerprint density at radius 1 is 0.808 bits per heavy atom. The predicted octanol–water partition coefficient (Wildman–Crippen LogP) is 5.67. The number of hydrogen-bond donors (Lipinski definition) is 0. The Kier molecular flexibility index (Phi) is 9.25. The maximum absolute atomic E-state index is 14.0. The topological polar surface area (TPSA) is 93.0 Å². The van der Waals surface area contributed by atoms with Crippen LogP contribution in [0.25, 0.3) is 33.0 Å². The zero-order valence-corrected chi connectivity index (χ0v) is 31.8. The molecule has 0 N–H and O–H groups in total. The second-order valence-electron chi connectivity index (χ2n) is 14.2. The molecule has 1 unspecified atom stereocenters. The van der Waals surface area contributed by atoms with Crippen molar-refractivity contribution >= 4 is 63.9 Å². The molecule has 2 aliphatic heterocycles. The Bertz CT molecular complexity index is 2400. The molecule has 1 atom stereocenters. The summed E-state index contributed by atoms with van der Waals surface area (Å²) in [7, 11) is 0. The molecular weight excluding hydrogens is 693 g/mol. The number of carbonyl (C=O) groups excluding carboxylic acids is 2. The van der Waals surface area contributed by atoms with E-state index in [-0.39, 0.29) is 53.6 Å². The van der Waals surface area contributed by atoms with Crippen molar-refractivity contribution in [1.29, 1.82) is 0 Å². The van der Waals surface area contributed by atoms with Gasteiger partial charge in [0.15, 0.2) is 5.71 Å². The van der Waals surface area contributed by atoms with Gasteiger partial charge >= 0.3 is 11.9 Å². The lowest BCUT2D eigenvalue weighted by molar-refractivity contribution is -0.427. The highest BCUT2D eigenvalue weighted by Crippen LogP contribution is 2.47. The number of anilines is 1. The van der Waals surface area contributed by atoms with Crippen molar-refractivity contribution in [2.24, 2.45) is 0 Å². The smallest absolute Gasteiger partial charge is 0.372 e. The SMILES string of the molecule is CCOC(=O)CN1c2ccc(-c3cccs3)cc2C(C)(C)C1C=c1c(=O)c(=CC2=[N+](CC(=O)OCC)c3ccc(-c4cccs4)cc3C2(C)C)c1=O. The summed E-state index contributed by atoms with van der Waals surface area (Å²) in [5.41, 5.74) is 4.62. The molecule has 4 heterocycles.